The average molecular weight is 224 g/mol. The molecule has 1 N–H and O–H groups in total. The summed E-state index contributed by atoms with van der Waals surface area (Å²) in [5.41, 5.74) is 0. The first-order valence-corrected chi connectivity index (χ1v) is 6.47. The fourth-order valence-electron chi connectivity index (χ4n) is 1.42. The SMILES string of the molecule is CCC(C)C(CSc1ccccn1)NC. The molecule has 1 rings (SSSR count). The van der Waals surface area contributed by atoms with Crippen LogP contribution in [0.2, 0.25) is 0 Å². The molecule has 3 heteroatoms. The maximum absolute atomic E-state index is 4.31. The van der Waals surface area contributed by atoms with Crippen LogP contribution in [0.1, 0.15) is 20.3 Å². The van der Waals surface area contributed by atoms with Gasteiger partial charge in [-0.3, -0.25) is 0 Å². The van der Waals surface area contributed by atoms with E-state index in [0.717, 1.165) is 10.8 Å². The third-order valence-electron chi connectivity index (χ3n) is 2.75. The normalized spacial score (nSPS) is 14.9. The molecular weight excluding hydrogens is 204 g/mol. The molecule has 0 fully saturated rings. The lowest BCUT2D eigenvalue weighted by atomic mass is 10.0. The van der Waals surface area contributed by atoms with Crippen LogP contribution in [0.3, 0.4) is 0 Å². The van der Waals surface area contributed by atoms with Crippen LogP contribution in [-0.4, -0.2) is 23.8 Å². The Kier molecular flexibility index (Phi) is 5.73. The molecule has 2 nitrogen and oxygen atoms in total. The smallest absolute Gasteiger partial charge is 0.0960 e. The van der Waals surface area contributed by atoms with E-state index in [9.17, 15) is 0 Å². The van der Waals surface area contributed by atoms with E-state index in [-0.39, 0.29) is 0 Å². The van der Waals surface area contributed by atoms with Gasteiger partial charge < -0.3 is 5.32 Å². The Bertz CT molecular complexity index is 264. The van der Waals surface area contributed by atoms with E-state index in [4.69, 9.17) is 0 Å². The summed E-state index contributed by atoms with van der Waals surface area (Å²) in [7, 11) is 2.04. The molecule has 0 aliphatic heterocycles. The van der Waals surface area contributed by atoms with E-state index < -0.39 is 0 Å². The van der Waals surface area contributed by atoms with Crippen molar-refractivity contribution in [2.24, 2.45) is 5.92 Å². The van der Waals surface area contributed by atoms with Crippen molar-refractivity contribution in [2.45, 2.75) is 31.3 Å². The Morgan fingerprint density at radius 3 is 2.80 bits per heavy atom. The Morgan fingerprint density at radius 2 is 2.27 bits per heavy atom. The predicted octanol–water partition coefficient (Wildman–Crippen LogP) is 2.81. The van der Waals surface area contributed by atoms with Gasteiger partial charge in [0, 0.05) is 18.0 Å². The number of hydrogen-bond donors (Lipinski definition) is 1. The standard InChI is InChI=1S/C12H20N2S/c1-4-10(2)11(13-3)9-15-12-7-5-6-8-14-12/h5-8,10-11,13H,4,9H2,1-3H3. The van der Waals surface area contributed by atoms with Crippen LogP contribution in [0.5, 0.6) is 0 Å². The van der Waals surface area contributed by atoms with Crippen molar-refractivity contribution in [3.8, 4) is 0 Å². The van der Waals surface area contributed by atoms with Gasteiger partial charge >= 0.3 is 0 Å². The van der Waals surface area contributed by atoms with Crippen LogP contribution in [0.15, 0.2) is 29.4 Å². The summed E-state index contributed by atoms with van der Waals surface area (Å²) in [4.78, 5) is 4.31. The molecule has 0 aliphatic carbocycles. The molecule has 0 aliphatic rings. The number of aromatic nitrogens is 1. The van der Waals surface area contributed by atoms with Crippen LogP contribution in [0, 0.1) is 5.92 Å². The molecule has 84 valence electrons. The summed E-state index contributed by atoms with van der Waals surface area (Å²) in [6.07, 6.45) is 3.06. The van der Waals surface area contributed by atoms with Gasteiger partial charge in [-0.25, -0.2) is 4.98 Å². The third-order valence-corrected chi connectivity index (χ3v) is 3.81. The van der Waals surface area contributed by atoms with Crippen molar-refractivity contribution in [3.63, 3.8) is 0 Å². The lowest BCUT2D eigenvalue weighted by Crippen LogP contribution is -2.34. The minimum Gasteiger partial charge on any atom is -0.316 e. The van der Waals surface area contributed by atoms with E-state index in [2.05, 4.69) is 30.2 Å². The number of thioether (sulfide) groups is 1. The molecule has 0 spiro atoms. The van der Waals surface area contributed by atoms with E-state index in [1.54, 1.807) is 0 Å². The second-order valence-corrected chi connectivity index (χ2v) is 4.80. The van der Waals surface area contributed by atoms with Crippen LogP contribution in [0.25, 0.3) is 0 Å². The molecule has 2 atom stereocenters. The monoisotopic (exact) mass is 224 g/mol. The third kappa shape index (κ3) is 4.22. The number of nitrogens with zero attached hydrogens (tertiary/aromatic N) is 1. The molecule has 0 bridgehead atoms. The molecule has 1 aromatic heterocycles. The van der Waals surface area contributed by atoms with Gasteiger partial charge in [0.05, 0.1) is 5.03 Å². The molecular formula is C12H20N2S. The summed E-state index contributed by atoms with van der Waals surface area (Å²) in [6, 6.07) is 6.62. The fourth-order valence-corrected chi connectivity index (χ4v) is 2.58. The van der Waals surface area contributed by atoms with Gasteiger partial charge in [0.2, 0.25) is 0 Å². The molecule has 0 saturated carbocycles. The zero-order valence-corrected chi connectivity index (χ0v) is 10.6. The first-order valence-electron chi connectivity index (χ1n) is 5.49. The van der Waals surface area contributed by atoms with Gasteiger partial charge in [-0.2, -0.15) is 0 Å². The minimum atomic E-state index is 0.571. The summed E-state index contributed by atoms with van der Waals surface area (Å²) < 4.78 is 0. The van der Waals surface area contributed by atoms with E-state index in [1.807, 2.05) is 37.1 Å². The Balaban J connectivity index is 2.41. The molecule has 0 aromatic carbocycles. The summed E-state index contributed by atoms with van der Waals surface area (Å²) in [5, 5.41) is 4.49. The van der Waals surface area contributed by atoms with E-state index in [0.29, 0.717) is 12.0 Å². The number of nitrogens with one attached hydrogen (secondary N) is 1. The molecule has 15 heavy (non-hydrogen) atoms. The van der Waals surface area contributed by atoms with Gasteiger partial charge in [-0.05, 0) is 25.1 Å². The molecule has 1 heterocycles. The number of pyridine rings is 1. The molecule has 2 unspecified atom stereocenters. The summed E-state index contributed by atoms with van der Waals surface area (Å²) in [6.45, 7) is 4.53. The zero-order valence-electron chi connectivity index (χ0n) is 9.73. The lowest BCUT2D eigenvalue weighted by molar-refractivity contribution is 0.420. The Morgan fingerprint density at radius 1 is 1.47 bits per heavy atom. The average Bonchev–Trinajstić information content (AvgIpc) is 2.31. The van der Waals surface area contributed by atoms with Gasteiger partial charge in [0.15, 0.2) is 0 Å². The highest BCUT2D eigenvalue weighted by Gasteiger charge is 2.13. The van der Waals surface area contributed by atoms with Crippen LogP contribution < -0.4 is 5.32 Å². The van der Waals surface area contributed by atoms with Gasteiger partial charge in [0.25, 0.3) is 0 Å². The first-order chi connectivity index (χ1) is 7.27. The molecule has 0 saturated heterocycles. The van der Waals surface area contributed by atoms with Gasteiger partial charge in [0.1, 0.15) is 0 Å². The van der Waals surface area contributed by atoms with E-state index >= 15 is 0 Å². The highest BCUT2D eigenvalue weighted by atomic mass is 32.2. The van der Waals surface area contributed by atoms with Crippen LogP contribution in [0.4, 0.5) is 0 Å². The Labute approximate surface area is 96.9 Å². The topological polar surface area (TPSA) is 24.9 Å². The molecule has 1 aromatic rings. The molecule has 0 amide bonds. The number of rotatable bonds is 6. The van der Waals surface area contributed by atoms with Crippen molar-refractivity contribution in [3.05, 3.63) is 24.4 Å². The van der Waals surface area contributed by atoms with Crippen LogP contribution >= 0.6 is 11.8 Å². The second-order valence-electron chi connectivity index (χ2n) is 3.76. The minimum absolute atomic E-state index is 0.571. The van der Waals surface area contributed by atoms with Crippen molar-refractivity contribution in [1.82, 2.24) is 10.3 Å². The second kappa shape index (κ2) is 6.85. The Hall–Kier alpha value is -0.540. The quantitative estimate of drug-likeness (QED) is 0.752. The summed E-state index contributed by atoms with van der Waals surface area (Å²) in [5.74, 6) is 1.80. The van der Waals surface area contributed by atoms with Crippen molar-refractivity contribution in [1.29, 1.82) is 0 Å². The fraction of sp³-hybridized carbons (Fsp3) is 0.583. The number of hydrogen-bond acceptors (Lipinski definition) is 3. The zero-order chi connectivity index (χ0) is 11.1. The van der Waals surface area contributed by atoms with Crippen LogP contribution in [-0.2, 0) is 0 Å². The maximum atomic E-state index is 4.31. The van der Waals surface area contributed by atoms with Crippen molar-refractivity contribution >= 4 is 11.8 Å². The maximum Gasteiger partial charge on any atom is 0.0960 e. The predicted molar refractivity (Wildman–Crippen MR) is 67.3 cm³/mol. The highest BCUT2D eigenvalue weighted by molar-refractivity contribution is 7.99. The van der Waals surface area contributed by atoms with E-state index in [1.165, 1.54) is 6.42 Å². The van der Waals surface area contributed by atoms with Crippen molar-refractivity contribution in [2.75, 3.05) is 12.8 Å². The van der Waals surface area contributed by atoms with Gasteiger partial charge in [-0.1, -0.05) is 26.3 Å². The van der Waals surface area contributed by atoms with Crippen molar-refractivity contribution < 1.29 is 0 Å². The first kappa shape index (κ1) is 12.5. The molecule has 0 radical (unpaired) electrons. The van der Waals surface area contributed by atoms with Gasteiger partial charge in [-0.15, -0.1) is 11.8 Å². The lowest BCUT2D eigenvalue weighted by Gasteiger charge is -2.21. The summed E-state index contributed by atoms with van der Waals surface area (Å²) >= 11 is 1.82. The highest BCUT2D eigenvalue weighted by Crippen LogP contribution is 2.19. The largest absolute Gasteiger partial charge is 0.316 e.